The minimum Gasteiger partial charge on any atom is -0.489 e. The van der Waals surface area contributed by atoms with Crippen LogP contribution in [-0.2, 0) is 7.05 Å². The fourth-order valence-corrected chi connectivity index (χ4v) is 4.20. The minimum atomic E-state index is -1.09. The Hall–Kier alpha value is -3.88. The zero-order chi connectivity index (χ0) is 23.7. The molecular weight excluding hydrogens is 422 g/mol. The van der Waals surface area contributed by atoms with Gasteiger partial charge >= 0.3 is 6.09 Å². The van der Waals surface area contributed by atoms with Crippen LogP contribution in [0, 0.1) is 12.8 Å². The van der Waals surface area contributed by atoms with Gasteiger partial charge in [0.2, 0.25) is 0 Å². The van der Waals surface area contributed by atoms with Crippen LogP contribution in [0.4, 0.5) is 4.79 Å². The third-order valence-corrected chi connectivity index (χ3v) is 5.66. The molecule has 33 heavy (non-hydrogen) atoms. The van der Waals surface area contributed by atoms with E-state index in [1.54, 1.807) is 28.7 Å². The lowest BCUT2D eigenvalue weighted by atomic mass is 10.0. The third kappa shape index (κ3) is 4.39. The zero-order valence-corrected chi connectivity index (χ0v) is 19.1. The minimum absolute atomic E-state index is 0.133. The molecule has 3 heterocycles. The molecule has 0 aliphatic rings. The Morgan fingerprint density at radius 2 is 2.03 bits per heavy atom. The van der Waals surface area contributed by atoms with Crippen molar-refractivity contribution in [2.75, 3.05) is 6.61 Å². The van der Waals surface area contributed by atoms with E-state index in [1.165, 1.54) is 0 Å². The lowest BCUT2D eigenvalue weighted by Crippen LogP contribution is -2.39. The SMILES string of the molecule is Cc1nccc2c1c(=O)n(C)c1cc(OCC(CC(C)C)NC(=O)O)c(-n3cccn3)cc21. The molecule has 1 aromatic carbocycles. The summed E-state index contributed by atoms with van der Waals surface area (Å²) in [6, 6.07) is 7.04. The number of benzene rings is 1. The van der Waals surface area contributed by atoms with Gasteiger partial charge in [-0.05, 0) is 42.8 Å². The highest BCUT2D eigenvalue weighted by molar-refractivity contribution is 6.07. The maximum absolute atomic E-state index is 13.1. The number of aryl methyl sites for hydroxylation is 2. The summed E-state index contributed by atoms with van der Waals surface area (Å²) in [5.74, 6) is 0.795. The number of carbonyl (C=O) groups is 1. The van der Waals surface area contributed by atoms with E-state index >= 15 is 0 Å². The number of hydrogen-bond donors (Lipinski definition) is 2. The highest BCUT2D eigenvalue weighted by atomic mass is 16.5. The first-order valence-corrected chi connectivity index (χ1v) is 10.8. The van der Waals surface area contributed by atoms with Crippen molar-refractivity contribution in [2.24, 2.45) is 13.0 Å². The molecule has 1 amide bonds. The molecule has 9 nitrogen and oxygen atoms in total. The summed E-state index contributed by atoms with van der Waals surface area (Å²) in [4.78, 5) is 28.6. The Morgan fingerprint density at radius 1 is 1.24 bits per heavy atom. The number of hydrogen-bond acceptors (Lipinski definition) is 5. The molecule has 0 saturated heterocycles. The van der Waals surface area contributed by atoms with E-state index in [0.29, 0.717) is 34.5 Å². The smallest absolute Gasteiger partial charge is 0.404 e. The Morgan fingerprint density at radius 3 is 2.70 bits per heavy atom. The highest BCUT2D eigenvalue weighted by Gasteiger charge is 2.19. The molecule has 1 unspecified atom stereocenters. The highest BCUT2D eigenvalue weighted by Crippen LogP contribution is 2.32. The summed E-state index contributed by atoms with van der Waals surface area (Å²) in [6.07, 6.45) is 4.73. The first kappa shape index (κ1) is 22.3. The maximum atomic E-state index is 13.1. The van der Waals surface area contributed by atoms with Gasteiger partial charge in [-0.3, -0.25) is 9.78 Å². The lowest BCUT2D eigenvalue weighted by Gasteiger charge is -2.21. The number of nitrogens with one attached hydrogen (secondary N) is 1. The first-order chi connectivity index (χ1) is 15.8. The molecule has 3 aromatic heterocycles. The summed E-state index contributed by atoms with van der Waals surface area (Å²) >= 11 is 0. The molecule has 0 radical (unpaired) electrons. The fourth-order valence-electron chi connectivity index (χ4n) is 4.20. The Bertz CT molecular complexity index is 1380. The molecular formula is C24H27N5O4. The predicted octanol–water partition coefficient (Wildman–Crippen LogP) is 3.64. The van der Waals surface area contributed by atoms with Crippen molar-refractivity contribution in [3.63, 3.8) is 0 Å². The van der Waals surface area contributed by atoms with Crippen molar-refractivity contribution in [2.45, 2.75) is 33.2 Å². The second kappa shape index (κ2) is 8.93. The number of pyridine rings is 2. The Kier molecular flexibility index (Phi) is 6.04. The number of amides is 1. The molecule has 0 spiro atoms. The summed E-state index contributed by atoms with van der Waals surface area (Å²) in [5, 5.41) is 18.4. The fraction of sp³-hybridized carbons (Fsp3) is 0.333. The van der Waals surface area contributed by atoms with Gasteiger partial charge in [0.1, 0.15) is 18.0 Å². The van der Waals surface area contributed by atoms with Gasteiger partial charge in [0.15, 0.2) is 0 Å². The van der Waals surface area contributed by atoms with E-state index in [4.69, 9.17) is 4.74 Å². The largest absolute Gasteiger partial charge is 0.489 e. The van der Waals surface area contributed by atoms with Crippen molar-refractivity contribution in [1.29, 1.82) is 0 Å². The number of fused-ring (bicyclic) bond motifs is 3. The van der Waals surface area contributed by atoms with Gasteiger partial charge in [-0.25, -0.2) is 9.48 Å². The number of nitrogens with zero attached hydrogens (tertiary/aromatic N) is 4. The van der Waals surface area contributed by atoms with Crippen molar-refractivity contribution in [1.82, 2.24) is 24.6 Å². The standard InChI is InChI=1S/C24H27N5O4/c1-14(2)10-16(27-24(31)32)13-33-21-12-19-18(11-20(21)29-9-5-7-26-29)17-6-8-25-15(3)22(17)23(30)28(19)4/h5-9,11-12,14,16,27H,10,13H2,1-4H3,(H,31,32). The average molecular weight is 450 g/mol. The first-order valence-electron chi connectivity index (χ1n) is 10.8. The summed E-state index contributed by atoms with van der Waals surface area (Å²) < 4.78 is 9.44. The number of carboxylic acid groups (broad SMARTS) is 1. The Balaban J connectivity index is 1.88. The topological polar surface area (TPSA) is 111 Å². The number of ether oxygens (including phenoxy) is 1. The van der Waals surface area contributed by atoms with Crippen molar-refractivity contribution in [3.05, 3.63) is 58.9 Å². The predicted molar refractivity (Wildman–Crippen MR) is 126 cm³/mol. The summed E-state index contributed by atoms with van der Waals surface area (Å²) in [6.45, 7) is 6.03. The van der Waals surface area contributed by atoms with E-state index in [0.717, 1.165) is 10.8 Å². The van der Waals surface area contributed by atoms with Crippen molar-refractivity contribution in [3.8, 4) is 11.4 Å². The van der Waals surface area contributed by atoms with E-state index < -0.39 is 6.09 Å². The van der Waals surface area contributed by atoms with E-state index in [1.807, 2.05) is 51.2 Å². The van der Waals surface area contributed by atoms with Crippen LogP contribution in [0.25, 0.3) is 27.4 Å². The molecule has 172 valence electrons. The van der Waals surface area contributed by atoms with E-state index in [9.17, 15) is 14.7 Å². The molecule has 1 atom stereocenters. The van der Waals surface area contributed by atoms with Crippen molar-refractivity contribution < 1.29 is 14.6 Å². The van der Waals surface area contributed by atoms with Gasteiger partial charge in [-0.15, -0.1) is 0 Å². The van der Waals surface area contributed by atoms with Crippen LogP contribution in [0.5, 0.6) is 5.75 Å². The van der Waals surface area contributed by atoms with Crippen LogP contribution < -0.4 is 15.6 Å². The van der Waals surface area contributed by atoms with Crippen LogP contribution in [0.15, 0.2) is 47.7 Å². The maximum Gasteiger partial charge on any atom is 0.404 e. The van der Waals surface area contributed by atoms with Gasteiger partial charge in [-0.1, -0.05) is 13.8 Å². The molecule has 0 aliphatic carbocycles. The quantitative estimate of drug-likeness (QED) is 0.417. The molecule has 0 aliphatic heterocycles. The second-order valence-corrected chi connectivity index (χ2v) is 8.56. The number of aromatic nitrogens is 4. The van der Waals surface area contributed by atoms with Crippen LogP contribution >= 0.6 is 0 Å². The second-order valence-electron chi connectivity index (χ2n) is 8.56. The van der Waals surface area contributed by atoms with Gasteiger partial charge in [0.25, 0.3) is 5.56 Å². The van der Waals surface area contributed by atoms with Crippen molar-refractivity contribution >= 4 is 27.8 Å². The van der Waals surface area contributed by atoms with Crippen LogP contribution in [0.1, 0.15) is 26.0 Å². The van der Waals surface area contributed by atoms with Crippen LogP contribution in [0.3, 0.4) is 0 Å². The summed E-state index contributed by atoms with van der Waals surface area (Å²) in [5.41, 5.74) is 1.94. The van der Waals surface area contributed by atoms with Crippen LogP contribution in [-0.4, -0.2) is 43.2 Å². The van der Waals surface area contributed by atoms with E-state index in [-0.39, 0.29) is 24.1 Å². The van der Waals surface area contributed by atoms with Gasteiger partial charge in [0, 0.05) is 37.1 Å². The van der Waals surface area contributed by atoms with E-state index in [2.05, 4.69) is 15.4 Å². The molecule has 4 rings (SSSR count). The molecule has 0 bridgehead atoms. The zero-order valence-electron chi connectivity index (χ0n) is 19.1. The monoisotopic (exact) mass is 449 g/mol. The summed E-state index contributed by atoms with van der Waals surface area (Å²) in [7, 11) is 1.72. The normalized spacial score (nSPS) is 12.4. The van der Waals surface area contributed by atoms with Crippen LogP contribution in [0.2, 0.25) is 0 Å². The lowest BCUT2D eigenvalue weighted by molar-refractivity contribution is 0.176. The molecule has 2 N–H and O–H groups in total. The number of rotatable bonds is 7. The molecule has 9 heteroatoms. The molecule has 0 fully saturated rings. The molecule has 4 aromatic rings. The third-order valence-electron chi connectivity index (χ3n) is 5.66. The average Bonchev–Trinajstić information content (AvgIpc) is 3.29. The molecule has 0 saturated carbocycles. The van der Waals surface area contributed by atoms with Gasteiger partial charge < -0.3 is 19.7 Å². The Labute approximate surface area is 190 Å². The van der Waals surface area contributed by atoms with Gasteiger partial charge in [-0.2, -0.15) is 5.10 Å². The van der Waals surface area contributed by atoms with Gasteiger partial charge in [0.05, 0.1) is 22.6 Å².